The number of hydrogen-bond acceptors (Lipinski definition) is 8. The van der Waals surface area contributed by atoms with Crippen molar-refractivity contribution in [3.63, 3.8) is 0 Å². The quantitative estimate of drug-likeness (QED) is 0.128. The van der Waals surface area contributed by atoms with E-state index in [1.807, 2.05) is 24.3 Å². The van der Waals surface area contributed by atoms with Crippen molar-refractivity contribution in [2.75, 3.05) is 14.2 Å². The van der Waals surface area contributed by atoms with Crippen molar-refractivity contribution < 1.29 is 23.7 Å². The molecule has 0 unspecified atom stereocenters. The van der Waals surface area contributed by atoms with Crippen LogP contribution in [0, 0.1) is 3.57 Å². The van der Waals surface area contributed by atoms with Crippen LogP contribution < -0.4 is 29.1 Å². The molecule has 4 aromatic rings. The number of methoxy groups -OCH3 is 2. The van der Waals surface area contributed by atoms with E-state index in [4.69, 9.17) is 42.1 Å². The summed E-state index contributed by atoms with van der Waals surface area (Å²) >= 11 is 19.3. The molecule has 8 nitrogen and oxygen atoms in total. The Kier molecular flexibility index (Phi) is 10.9. The van der Waals surface area contributed by atoms with Crippen molar-refractivity contribution >= 4 is 85.1 Å². The number of thiazole rings is 1. The largest absolute Gasteiger partial charge is 0.496 e. The fraction of sp³-hybridized carbons (Fsp3) is 0.242. The van der Waals surface area contributed by atoms with E-state index in [1.54, 1.807) is 65.3 Å². The Morgan fingerprint density at radius 1 is 1.11 bits per heavy atom. The Balaban J connectivity index is 1.61. The molecule has 0 saturated heterocycles. The summed E-state index contributed by atoms with van der Waals surface area (Å²) in [4.78, 5) is 32.8. The third-order valence-corrected chi connectivity index (χ3v) is 9.87. The van der Waals surface area contributed by atoms with Crippen LogP contribution in [0.1, 0.15) is 43.5 Å². The molecule has 1 atom stereocenters. The van der Waals surface area contributed by atoms with Gasteiger partial charge in [-0.15, -0.1) is 0 Å². The first-order chi connectivity index (χ1) is 21.9. The number of ether oxygens (including phenoxy) is 4. The second-order valence-electron chi connectivity index (χ2n) is 10.5. The minimum Gasteiger partial charge on any atom is -0.496 e. The molecule has 0 saturated carbocycles. The van der Waals surface area contributed by atoms with Crippen LogP contribution in [0.25, 0.3) is 6.08 Å². The van der Waals surface area contributed by atoms with Crippen LogP contribution in [0.4, 0.5) is 0 Å². The molecule has 0 bridgehead atoms. The van der Waals surface area contributed by atoms with Gasteiger partial charge in [0.15, 0.2) is 16.3 Å². The molecular weight excluding hydrogens is 830 g/mol. The summed E-state index contributed by atoms with van der Waals surface area (Å²) in [6.45, 7) is 5.50. The predicted octanol–water partition coefficient (Wildman–Crippen LogP) is 7.46. The van der Waals surface area contributed by atoms with E-state index in [9.17, 15) is 9.59 Å². The number of aromatic nitrogens is 1. The molecule has 0 spiro atoms. The zero-order valence-corrected chi connectivity index (χ0v) is 31.4. The molecule has 1 aromatic heterocycles. The molecule has 3 aromatic carbocycles. The van der Waals surface area contributed by atoms with Gasteiger partial charge in [-0.3, -0.25) is 9.36 Å². The highest BCUT2D eigenvalue weighted by molar-refractivity contribution is 14.1. The summed E-state index contributed by atoms with van der Waals surface area (Å²) in [7, 11) is 3.10. The first kappa shape index (κ1) is 34.5. The van der Waals surface area contributed by atoms with Crippen LogP contribution in [0.15, 0.2) is 74.1 Å². The first-order valence-corrected chi connectivity index (χ1v) is 17.4. The maximum Gasteiger partial charge on any atom is 0.338 e. The van der Waals surface area contributed by atoms with Crippen LogP contribution in [0.2, 0.25) is 10.0 Å². The minimum atomic E-state index is -0.831. The van der Waals surface area contributed by atoms with Gasteiger partial charge in [-0.2, -0.15) is 0 Å². The summed E-state index contributed by atoms with van der Waals surface area (Å²) < 4.78 is 26.6. The van der Waals surface area contributed by atoms with Gasteiger partial charge in [0.2, 0.25) is 0 Å². The number of carbonyl (C=O) groups is 1. The monoisotopic (exact) mass is 856 g/mol. The number of carbonyl (C=O) groups excluding carboxylic acids is 1. The molecular formula is C33H28BrCl2IN2O6S. The fourth-order valence-corrected chi connectivity index (χ4v) is 7.65. The number of rotatable bonds is 9. The zero-order valence-electron chi connectivity index (χ0n) is 25.3. The number of esters is 1. The number of halogens is 4. The van der Waals surface area contributed by atoms with Crippen molar-refractivity contribution in [3.05, 3.63) is 114 Å². The van der Waals surface area contributed by atoms with Crippen LogP contribution >= 0.6 is 73.1 Å². The molecule has 0 amide bonds. The molecule has 46 heavy (non-hydrogen) atoms. The van der Waals surface area contributed by atoms with E-state index in [0.29, 0.717) is 47.9 Å². The lowest BCUT2D eigenvalue weighted by atomic mass is 9.95. The van der Waals surface area contributed by atoms with Crippen molar-refractivity contribution in [2.45, 2.75) is 39.5 Å². The normalized spacial score (nSPS) is 14.7. The molecule has 13 heteroatoms. The number of nitrogens with zero attached hydrogens (tertiary/aromatic N) is 2. The SMILES string of the molecule is COc1ccc(Br)cc1[C@H]1C(C(=O)OC(C)C)=C(C)N=c2s/c(=C\c3cc(I)c(OCc4ccc(Cl)cc4Cl)c(OC)c3)c(=O)n21. The Bertz CT molecular complexity index is 2060. The topological polar surface area (TPSA) is 88.4 Å². The van der Waals surface area contributed by atoms with Crippen molar-refractivity contribution in [1.29, 1.82) is 0 Å². The maximum atomic E-state index is 14.2. The lowest BCUT2D eigenvalue weighted by molar-refractivity contribution is -0.143. The number of allylic oxidation sites excluding steroid dienone is 1. The summed E-state index contributed by atoms with van der Waals surface area (Å²) in [5, 5.41) is 1.04. The highest BCUT2D eigenvalue weighted by Gasteiger charge is 2.35. The Morgan fingerprint density at radius 2 is 1.85 bits per heavy atom. The molecule has 5 rings (SSSR count). The zero-order chi connectivity index (χ0) is 33.3. The van der Waals surface area contributed by atoms with E-state index in [1.165, 1.54) is 15.9 Å². The predicted molar refractivity (Wildman–Crippen MR) is 192 cm³/mol. The van der Waals surface area contributed by atoms with Crippen molar-refractivity contribution in [1.82, 2.24) is 4.57 Å². The average Bonchev–Trinajstić information content (AvgIpc) is 3.29. The molecule has 0 radical (unpaired) electrons. The van der Waals surface area contributed by atoms with Gasteiger partial charge in [0.05, 0.1) is 39.7 Å². The Morgan fingerprint density at radius 3 is 2.52 bits per heavy atom. The molecule has 0 N–H and O–H groups in total. The van der Waals surface area contributed by atoms with Crippen molar-refractivity contribution in [3.8, 4) is 17.2 Å². The second kappa shape index (κ2) is 14.5. The molecule has 1 aliphatic heterocycles. The smallest absolute Gasteiger partial charge is 0.338 e. The third-order valence-electron chi connectivity index (χ3n) is 7.01. The number of benzene rings is 3. The van der Waals surface area contributed by atoms with Crippen molar-refractivity contribution in [2.24, 2.45) is 4.99 Å². The van der Waals surface area contributed by atoms with Gasteiger partial charge < -0.3 is 18.9 Å². The van der Waals surface area contributed by atoms with Gasteiger partial charge in [-0.1, -0.05) is 56.5 Å². The molecule has 240 valence electrons. The summed E-state index contributed by atoms with van der Waals surface area (Å²) in [5.74, 6) is 0.996. The Labute approximate surface area is 301 Å². The third kappa shape index (κ3) is 7.18. The fourth-order valence-electron chi connectivity index (χ4n) is 4.98. The molecule has 2 heterocycles. The van der Waals surface area contributed by atoms with Gasteiger partial charge >= 0.3 is 5.97 Å². The first-order valence-electron chi connectivity index (χ1n) is 13.9. The molecule has 0 fully saturated rings. The van der Waals surface area contributed by atoms with Gasteiger partial charge in [0, 0.05) is 25.6 Å². The molecule has 1 aliphatic rings. The van der Waals surface area contributed by atoms with Crippen LogP contribution in [0.5, 0.6) is 17.2 Å². The van der Waals surface area contributed by atoms with Crippen LogP contribution in [-0.4, -0.2) is 30.9 Å². The lowest BCUT2D eigenvalue weighted by Crippen LogP contribution is -2.40. The van der Waals surface area contributed by atoms with Gasteiger partial charge in [-0.25, -0.2) is 9.79 Å². The molecule has 0 aliphatic carbocycles. The highest BCUT2D eigenvalue weighted by atomic mass is 127. The maximum absolute atomic E-state index is 14.2. The van der Waals surface area contributed by atoms with Crippen LogP contribution in [-0.2, 0) is 16.1 Å². The summed E-state index contributed by atoms with van der Waals surface area (Å²) in [5.41, 5.74) is 2.53. The second-order valence-corrected chi connectivity index (χ2v) is 14.4. The minimum absolute atomic E-state index is 0.209. The number of fused-ring (bicyclic) bond motifs is 1. The van der Waals surface area contributed by atoms with E-state index in [-0.39, 0.29) is 23.8 Å². The standard InChI is InChI=1S/C33H28BrCl2IN2O6S/c1-16(2)45-32(41)28-17(3)38-33-39(29(28)22-13-20(34)7-9-25(22)42-4)31(40)27(46-33)12-18-10-24(37)30(26(11-18)43-5)44-15-19-6-8-21(35)14-23(19)36/h6-14,16,29H,15H2,1-5H3/b27-12-/t29-/m0/s1. The van der Waals surface area contributed by atoms with E-state index in [0.717, 1.165) is 19.2 Å². The van der Waals surface area contributed by atoms with Gasteiger partial charge in [0.25, 0.3) is 5.56 Å². The van der Waals surface area contributed by atoms with E-state index in [2.05, 4.69) is 43.5 Å². The summed E-state index contributed by atoms with van der Waals surface area (Å²) in [6, 6.07) is 13.5. The average molecular weight is 858 g/mol. The van der Waals surface area contributed by atoms with Gasteiger partial charge in [-0.05, 0) is 97.5 Å². The highest BCUT2D eigenvalue weighted by Crippen LogP contribution is 2.38. The van der Waals surface area contributed by atoms with Crippen LogP contribution in [0.3, 0.4) is 0 Å². The summed E-state index contributed by atoms with van der Waals surface area (Å²) in [6.07, 6.45) is 1.41. The van der Waals surface area contributed by atoms with Gasteiger partial charge in [0.1, 0.15) is 18.4 Å². The van der Waals surface area contributed by atoms with E-state index >= 15 is 0 Å². The van der Waals surface area contributed by atoms with E-state index < -0.39 is 12.0 Å². The lowest BCUT2D eigenvalue weighted by Gasteiger charge is -2.26. The Hall–Kier alpha value is -2.84. The number of hydrogen-bond donors (Lipinski definition) is 0.